The van der Waals surface area contributed by atoms with Gasteiger partial charge in [0.25, 0.3) is 0 Å². The molecule has 0 heterocycles. The van der Waals surface area contributed by atoms with E-state index >= 15 is 0 Å². The zero-order chi connectivity index (χ0) is 13.4. The largest absolute Gasteiger partial charge is 0.324 e. The molecule has 18 heavy (non-hydrogen) atoms. The number of nitrogens with two attached hydrogens (primary N) is 1. The lowest BCUT2D eigenvalue weighted by Crippen LogP contribution is -2.32. The Morgan fingerprint density at radius 2 is 1.94 bits per heavy atom. The number of nitrogens with zero attached hydrogens (tertiary/aromatic N) is 1. The number of benzene rings is 1. The van der Waals surface area contributed by atoms with Gasteiger partial charge in [0.1, 0.15) is 0 Å². The molecule has 0 aliphatic carbocycles. The normalized spacial score (nSPS) is 14.7. The zero-order valence-corrected chi connectivity index (χ0v) is 12.6. The summed E-state index contributed by atoms with van der Waals surface area (Å²) in [6.07, 6.45) is 4.38. The minimum absolute atomic E-state index is 0.176. The van der Waals surface area contributed by atoms with Crippen LogP contribution in [0.4, 0.5) is 0 Å². The van der Waals surface area contributed by atoms with Crippen LogP contribution in [0.3, 0.4) is 0 Å². The molecule has 0 fully saturated rings. The molecule has 3 heteroatoms. The van der Waals surface area contributed by atoms with Crippen LogP contribution in [-0.2, 0) is 0 Å². The molecule has 2 atom stereocenters. The molecule has 0 aromatic heterocycles. The van der Waals surface area contributed by atoms with Gasteiger partial charge in [-0.1, -0.05) is 30.3 Å². The van der Waals surface area contributed by atoms with Crippen LogP contribution < -0.4 is 5.73 Å². The molecule has 0 bridgehead atoms. The molecule has 102 valence electrons. The summed E-state index contributed by atoms with van der Waals surface area (Å²) in [4.78, 5) is 2.42. The predicted molar refractivity (Wildman–Crippen MR) is 83.1 cm³/mol. The van der Waals surface area contributed by atoms with E-state index in [1.54, 1.807) is 0 Å². The van der Waals surface area contributed by atoms with Gasteiger partial charge >= 0.3 is 0 Å². The first-order valence-electron chi connectivity index (χ1n) is 6.65. The molecule has 0 spiro atoms. The van der Waals surface area contributed by atoms with Crippen LogP contribution in [0.25, 0.3) is 0 Å². The Balaban J connectivity index is 2.25. The molecule has 1 aromatic carbocycles. The molecule has 1 rings (SSSR count). The van der Waals surface area contributed by atoms with Crippen molar-refractivity contribution in [3.8, 4) is 0 Å². The lowest BCUT2D eigenvalue weighted by molar-refractivity contribution is 0.269. The summed E-state index contributed by atoms with van der Waals surface area (Å²) >= 11 is 1.91. The Morgan fingerprint density at radius 1 is 1.28 bits per heavy atom. The number of thioether (sulfide) groups is 1. The average molecular weight is 266 g/mol. The predicted octanol–water partition coefficient (Wildman–Crippen LogP) is 3.15. The first-order valence-corrected chi connectivity index (χ1v) is 8.04. The van der Waals surface area contributed by atoms with E-state index in [1.807, 2.05) is 17.8 Å². The highest BCUT2D eigenvalue weighted by molar-refractivity contribution is 7.98. The fraction of sp³-hybridized carbons (Fsp3) is 0.600. The van der Waals surface area contributed by atoms with Gasteiger partial charge in [-0.25, -0.2) is 0 Å². The Bertz CT molecular complexity index is 316. The molecule has 2 N–H and O–H groups in total. The fourth-order valence-electron chi connectivity index (χ4n) is 2.02. The van der Waals surface area contributed by atoms with Crippen LogP contribution in [0.15, 0.2) is 30.3 Å². The summed E-state index contributed by atoms with van der Waals surface area (Å²) in [6, 6.07) is 11.2. The highest BCUT2D eigenvalue weighted by Crippen LogP contribution is 2.15. The quantitative estimate of drug-likeness (QED) is 0.784. The second-order valence-corrected chi connectivity index (χ2v) is 5.86. The van der Waals surface area contributed by atoms with Crippen LogP contribution in [-0.4, -0.2) is 36.5 Å². The smallest absolute Gasteiger partial charge is 0.0295 e. The summed E-state index contributed by atoms with van der Waals surface area (Å²) in [5.41, 5.74) is 7.44. The van der Waals surface area contributed by atoms with E-state index in [1.165, 1.54) is 11.3 Å². The van der Waals surface area contributed by atoms with Crippen molar-refractivity contribution in [2.45, 2.75) is 31.8 Å². The molecule has 2 unspecified atom stereocenters. The molecule has 0 saturated heterocycles. The minimum Gasteiger partial charge on any atom is -0.324 e. The monoisotopic (exact) mass is 266 g/mol. The van der Waals surface area contributed by atoms with E-state index in [2.05, 4.69) is 49.4 Å². The number of rotatable bonds is 8. The molecule has 1 aromatic rings. The SMILES string of the molecule is CSCC(C)N(C)CCCC(N)c1ccccc1. The number of hydrogen-bond donors (Lipinski definition) is 1. The Morgan fingerprint density at radius 3 is 2.56 bits per heavy atom. The van der Waals surface area contributed by atoms with Crippen molar-refractivity contribution < 1.29 is 0 Å². The standard InChI is InChI=1S/C15H26N2S/c1-13(12-18-3)17(2)11-7-10-15(16)14-8-5-4-6-9-14/h4-6,8-9,13,15H,7,10-12,16H2,1-3H3. The van der Waals surface area contributed by atoms with Crippen molar-refractivity contribution in [2.24, 2.45) is 5.73 Å². The summed E-state index contributed by atoms with van der Waals surface area (Å²) in [6.45, 7) is 3.41. The summed E-state index contributed by atoms with van der Waals surface area (Å²) < 4.78 is 0. The van der Waals surface area contributed by atoms with Crippen LogP contribution in [0.5, 0.6) is 0 Å². The van der Waals surface area contributed by atoms with E-state index in [4.69, 9.17) is 5.73 Å². The minimum atomic E-state index is 0.176. The second kappa shape index (κ2) is 8.57. The molecule has 2 nitrogen and oxygen atoms in total. The van der Waals surface area contributed by atoms with Crippen LogP contribution in [0, 0.1) is 0 Å². The maximum atomic E-state index is 6.19. The van der Waals surface area contributed by atoms with Crippen molar-refractivity contribution in [2.75, 3.05) is 25.6 Å². The lowest BCUT2D eigenvalue weighted by Gasteiger charge is -2.24. The zero-order valence-electron chi connectivity index (χ0n) is 11.8. The Kier molecular flexibility index (Phi) is 7.40. The summed E-state index contributed by atoms with van der Waals surface area (Å²) in [5.74, 6) is 1.20. The van der Waals surface area contributed by atoms with Crippen LogP contribution in [0.1, 0.15) is 31.4 Å². The van der Waals surface area contributed by atoms with Crippen molar-refractivity contribution in [3.05, 3.63) is 35.9 Å². The van der Waals surface area contributed by atoms with Gasteiger partial charge < -0.3 is 10.6 Å². The number of hydrogen-bond acceptors (Lipinski definition) is 3. The topological polar surface area (TPSA) is 29.3 Å². The molecular formula is C15H26N2S. The summed E-state index contributed by atoms with van der Waals surface area (Å²) in [5, 5.41) is 0. The van der Waals surface area contributed by atoms with E-state index in [-0.39, 0.29) is 6.04 Å². The first-order chi connectivity index (χ1) is 8.65. The van der Waals surface area contributed by atoms with Gasteiger partial charge in [0.15, 0.2) is 0 Å². The third-order valence-electron chi connectivity index (χ3n) is 3.41. The lowest BCUT2D eigenvalue weighted by atomic mass is 10.0. The van der Waals surface area contributed by atoms with Crippen molar-refractivity contribution in [1.82, 2.24) is 4.90 Å². The molecular weight excluding hydrogens is 240 g/mol. The highest BCUT2D eigenvalue weighted by Gasteiger charge is 2.09. The van der Waals surface area contributed by atoms with Crippen molar-refractivity contribution in [1.29, 1.82) is 0 Å². The maximum absolute atomic E-state index is 6.19. The highest BCUT2D eigenvalue weighted by atomic mass is 32.2. The van der Waals surface area contributed by atoms with E-state index in [0.717, 1.165) is 19.4 Å². The van der Waals surface area contributed by atoms with E-state index in [9.17, 15) is 0 Å². The Labute approximate surface area is 116 Å². The van der Waals surface area contributed by atoms with E-state index in [0.29, 0.717) is 6.04 Å². The van der Waals surface area contributed by atoms with Gasteiger partial charge in [-0.15, -0.1) is 0 Å². The molecule has 0 aliphatic rings. The third kappa shape index (κ3) is 5.42. The van der Waals surface area contributed by atoms with E-state index < -0.39 is 0 Å². The molecule has 0 saturated carbocycles. The van der Waals surface area contributed by atoms with Gasteiger partial charge in [-0.05, 0) is 45.2 Å². The van der Waals surface area contributed by atoms with Crippen molar-refractivity contribution in [3.63, 3.8) is 0 Å². The molecule has 0 aliphatic heterocycles. The van der Waals surface area contributed by atoms with Gasteiger partial charge in [0.05, 0.1) is 0 Å². The van der Waals surface area contributed by atoms with Gasteiger partial charge in [0.2, 0.25) is 0 Å². The van der Waals surface area contributed by atoms with Gasteiger partial charge in [-0.3, -0.25) is 0 Å². The third-order valence-corrected chi connectivity index (χ3v) is 4.23. The fourth-order valence-corrected chi connectivity index (χ4v) is 2.75. The second-order valence-electron chi connectivity index (χ2n) is 4.94. The maximum Gasteiger partial charge on any atom is 0.0295 e. The van der Waals surface area contributed by atoms with Gasteiger partial charge in [0, 0.05) is 17.8 Å². The van der Waals surface area contributed by atoms with Crippen LogP contribution >= 0.6 is 11.8 Å². The van der Waals surface area contributed by atoms with Crippen LogP contribution in [0.2, 0.25) is 0 Å². The molecule has 0 radical (unpaired) electrons. The summed E-state index contributed by atoms with van der Waals surface area (Å²) in [7, 11) is 2.20. The Hall–Kier alpha value is -0.510. The molecule has 0 amide bonds. The first kappa shape index (κ1) is 15.5. The van der Waals surface area contributed by atoms with Gasteiger partial charge in [-0.2, -0.15) is 11.8 Å². The van der Waals surface area contributed by atoms with Crippen molar-refractivity contribution >= 4 is 11.8 Å². The average Bonchev–Trinajstić information content (AvgIpc) is 2.39.